The number of ether oxygens (including phenoxy) is 2. The first-order chi connectivity index (χ1) is 13.8. The molecular formula is C24H23NO3. The fourth-order valence-electron chi connectivity index (χ4n) is 3.33. The highest BCUT2D eigenvalue weighted by Crippen LogP contribution is 2.26. The number of para-hydroxylation sites is 1. The van der Waals surface area contributed by atoms with Gasteiger partial charge in [0.05, 0.1) is 6.61 Å². The number of hydrogen-bond acceptors (Lipinski definition) is 3. The Morgan fingerprint density at radius 3 is 2.71 bits per heavy atom. The number of carbonyl (C=O) groups is 1. The molecular weight excluding hydrogens is 350 g/mol. The van der Waals surface area contributed by atoms with Gasteiger partial charge >= 0.3 is 0 Å². The number of amides is 1. The maximum Gasteiger partial charge on any atom is 0.251 e. The van der Waals surface area contributed by atoms with Gasteiger partial charge in [0.1, 0.15) is 18.1 Å². The topological polar surface area (TPSA) is 47.6 Å². The SMILES string of the molecule is O=C(NCC1COc2ccccc2C1)c1cccc(OCc2ccccc2)c1. The third-order valence-corrected chi connectivity index (χ3v) is 4.85. The second kappa shape index (κ2) is 8.61. The van der Waals surface area contributed by atoms with E-state index in [0.717, 1.165) is 17.7 Å². The Morgan fingerprint density at radius 2 is 1.82 bits per heavy atom. The molecule has 0 aliphatic carbocycles. The molecule has 4 nitrogen and oxygen atoms in total. The Hall–Kier alpha value is -3.27. The third kappa shape index (κ3) is 4.52. The van der Waals surface area contributed by atoms with Crippen molar-refractivity contribution < 1.29 is 14.3 Å². The van der Waals surface area contributed by atoms with Crippen LogP contribution in [0.2, 0.25) is 0 Å². The smallest absolute Gasteiger partial charge is 0.251 e. The summed E-state index contributed by atoms with van der Waals surface area (Å²) in [5.74, 6) is 1.82. The molecule has 0 saturated heterocycles. The van der Waals surface area contributed by atoms with E-state index in [4.69, 9.17) is 9.47 Å². The molecule has 28 heavy (non-hydrogen) atoms. The molecule has 1 aliphatic heterocycles. The third-order valence-electron chi connectivity index (χ3n) is 4.85. The first-order valence-corrected chi connectivity index (χ1v) is 9.53. The number of fused-ring (bicyclic) bond motifs is 1. The first kappa shape index (κ1) is 18.1. The molecule has 3 aromatic rings. The largest absolute Gasteiger partial charge is 0.493 e. The lowest BCUT2D eigenvalue weighted by atomic mass is 9.96. The minimum absolute atomic E-state index is 0.0935. The van der Waals surface area contributed by atoms with Gasteiger partial charge in [-0.1, -0.05) is 54.6 Å². The minimum atomic E-state index is -0.0935. The van der Waals surface area contributed by atoms with Crippen molar-refractivity contribution in [3.05, 3.63) is 95.6 Å². The van der Waals surface area contributed by atoms with Gasteiger partial charge in [0.15, 0.2) is 0 Å². The number of hydrogen-bond donors (Lipinski definition) is 1. The van der Waals surface area contributed by atoms with Crippen molar-refractivity contribution in [1.82, 2.24) is 5.32 Å². The van der Waals surface area contributed by atoms with Crippen molar-refractivity contribution >= 4 is 5.91 Å². The molecule has 1 unspecified atom stereocenters. The average molecular weight is 373 g/mol. The van der Waals surface area contributed by atoms with Crippen molar-refractivity contribution in [2.45, 2.75) is 13.0 Å². The van der Waals surface area contributed by atoms with Crippen molar-refractivity contribution in [3.63, 3.8) is 0 Å². The Bertz CT molecular complexity index is 939. The van der Waals surface area contributed by atoms with E-state index in [1.807, 2.05) is 60.7 Å². The molecule has 4 rings (SSSR count). The fourth-order valence-corrected chi connectivity index (χ4v) is 3.33. The van der Waals surface area contributed by atoms with Crippen LogP contribution in [-0.2, 0) is 13.0 Å². The molecule has 4 heteroatoms. The summed E-state index contributed by atoms with van der Waals surface area (Å²) in [6, 6.07) is 25.3. The molecule has 1 atom stereocenters. The summed E-state index contributed by atoms with van der Waals surface area (Å²) in [7, 11) is 0. The highest BCUT2D eigenvalue weighted by molar-refractivity contribution is 5.94. The van der Waals surface area contributed by atoms with Gasteiger partial charge in [-0.2, -0.15) is 0 Å². The van der Waals surface area contributed by atoms with Gasteiger partial charge in [0.25, 0.3) is 5.91 Å². The van der Waals surface area contributed by atoms with E-state index >= 15 is 0 Å². The van der Waals surface area contributed by atoms with E-state index in [9.17, 15) is 4.79 Å². The van der Waals surface area contributed by atoms with Crippen molar-refractivity contribution in [2.75, 3.05) is 13.2 Å². The Balaban J connectivity index is 1.31. The molecule has 1 N–H and O–H groups in total. The van der Waals surface area contributed by atoms with Gasteiger partial charge in [-0.25, -0.2) is 0 Å². The molecule has 0 aromatic heterocycles. The number of benzene rings is 3. The van der Waals surface area contributed by atoms with Crippen LogP contribution in [0.4, 0.5) is 0 Å². The average Bonchev–Trinajstić information content (AvgIpc) is 2.77. The van der Waals surface area contributed by atoms with Crippen LogP contribution in [0.3, 0.4) is 0 Å². The summed E-state index contributed by atoms with van der Waals surface area (Å²) in [5, 5.41) is 3.03. The molecule has 1 heterocycles. The first-order valence-electron chi connectivity index (χ1n) is 9.53. The van der Waals surface area contributed by atoms with E-state index in [1.54, 1.807) is 12.1 Å². The van der Waals surface area contributed by atoms with Crippen LogP contribution in [0.15, 0.2) is 78.9 Å². The van der Waals surface area contributed by atoms with Gasteiger partial charge in [-0.05, 0) is 41.8 Å². The molecule has 0 fully saturated rings. The lowest BCUT2D eigenvalue weighted by molar-refractivity contribution is 0.0938. The standard InChI is InChI=1S/C24H23NO3/c26-24(25-15-19-13-20-9-4-5-12-23(20)28-17-19)21-10-6-11-22(14-21)27-16-18-7-2-1-3-8-18/h1-12,14,19H,13,15-17H2,(H,25,26). The van der Waals surface area contributed by atoms with E-state index in [2.05, 4.69) is 11.4 Å². The van der Waals surface area contributed by atoms with Crippen molar-refractivity contribution in [2.24, 2.45) is 5.92 Å². The highest BCUT2D eigenvalue weighted by atomic mass is 16.5. The molecule has 3 aromatic carbocycles. The highest BCUT2D eigenvalue weighted by Gasteiger charge is 2.20. The van der Waals surface area contributed by atoms with E-state index in [0.29, 0.717) is 31.1 Å². The Morgan fingerprint density at radius 1 is 1.00 bits per heavy atom. The van der Waals surface area contributed by atoms with Gasteiger partial charge < -0.3 is 14.8 Å². The molecule has 1 amide bonds. The molecule has 0 spiro atoms. The zero-order chi connectivity index (χ0) is 19.2. The van der Waals surface area contributed by atoms with E-state index < -0.39 is 0 Å². The van der Waals surface area contributed by atoms with Gasteiger partial charge in [0, 0.05) is 18.0 Å². The lowest BCUT2D eigenvalue weighted by Crippen LogP contribution is -2.34. The van der Waals surface area contributed by atoms with Crippen LogP contribution in [0.5, 0.6) is 11.5 Å². The Labute approximate surface area is 165 Å². The monoisotopic (exact) mass is 373 g/mol. The summed E-state index contributed by atoms with van der Waals surface area (Å²) >= 11 is 0. The van der Waals surface area contributed by atoms with Crippen LogP contribution >= 0.6 is 0 Å². The normalized spacial score (nSPS) is 15.2. The molecule has 0 saturated carbocycles. The molecule has 1 aliphatic rings. The van der Waals surface area contributed by atoms with Gasteiger partial charge in [-0.3, -0.25) is 4.79 Å². The second-order valence-electron chi connectivity index (χ2n) is 7.00. The second-order valence-corrected chi connectivity index (χ2v) is 7.00. The quantitative estimate of drug-likeness (QED) is 0.703. The van der Waals surface area contributed by atoms with Crippen LogP contribution in [-0.4, -0.2) is 19.1 Å². The molecule has 0 radical (unpaired) electrons. The van der Waals surface area contributed by atoms with Gasteiger partial charge in [-0.15, -0.1) is 0 Å². The summed E-state index contributed by atoms with van der Waals surface area (Å²) in [5.41, 5.74) is 2.89. The van der Waals surface area contributed by atoms with Crippen LogP contribution in [0.1, 0.15) is 21.5 Å². The van der Waals surface area contributed by atoms with Crippen molar-refractivity contribution in [1.29, 1.82) is 0 Å². The molecule has 0 bridgehead atoms. The number of nitrogens with one attached hydrogen (secondary N) is 1. The summed E-state index contributed by atoms with van der Waals surface area (Å²) in [6.45, 7) is 1.69. The zero-order valence-electron chi connectivity index (χ0n) is 15.6. The fraction of sp³-hybridized carbons (Fsp3) is 0.208. The van der Waals surface area contributed by atoms with Crippen molar-refractivity contribution in [3.8, 4) is 11.5 Å². The van der Waals surface area contributed by atoms with Crippen LogP contribution < -0.4 is 14.8 Å². The molecule has 142 valence electrons. The summed E-state index contributed by atoms with van der Waals surface area (Å²) < 4.78 is 11.6. The Kier molecular flexibility index (Phi) is 5.57. The maximum atomic E-state index is 12.6. The van der Waals surface area contributed by atoms with E-state index in [1.165, 1.54) is 5.56 Å². The minimum Gasteiger partial charge on any atom is -0.493 e. The lowest BCUT2D eigenvalue weighted by Gasteiger charge is -2.25. The predicted octanol–water partition coefficient (Wildman–Crippen LogP) is 4.25. The van der Waals surface area contributed by atoms with E-state index in [-0.39, 0.29) is 11.8 Å². The summed E-state index contributed by atoms with van der Waals surface area (Å²) in [4.78, 5) is 12.6. The van der Waals surface area contributed by atoms with Gasteiger partial charge in [0.2, 0.25) is 0 Å². The number of carbonyl (C=O) groups excluding carboxylic acids is 1. The zero-order valence-corrected chi connectivity index (χ0v) is 15.6. The van der Waals surface area contributed by atoms with Crippen LogP contribution in [0, 0.1) is 5.92 Å². The summed E-state index contributed by atoms with van der Waals surface area (Å²) in [6.07, 6.45) is 0.913. The predicted molar refractivity (Wildman–Crippen MR) is 109 cm³/mol. The van der Waals surface area contributed by atoms with Crippen LogP contribution in [0.25, 0.3) is 0 Å². The number of rotatable bonds is 6. The maximum absolute atomic E-state index is 12.6.